The van der Waals surface area contributed by atoms with E-state index in [2.05, 4.69) is 15.9 Å². The van der Waals surface area contributed by atoms with Crippen LogP contribution in [-0.4, -0.2) is 21.9 Å². The van der Waals surface area contributed by atoms with Crippen LogP contribution >= 0.6 is 15.9 Å². The van der Waals surface area contributed by atoms with Crippen molar-refractivity contribution in [1.29, 1.82) is 0 Å². The van der Waals surface area contributed by atoms with E-state index in [0.717, 1.165) is 4.90 Å². The highest BCUT2D eigenvalue weighted by molar-refractivity contribution is 9.10. The van der Waals surface area contributed by atoms with Crippen LogP contribution in [0.2, 0.25) is 0 Å². The number of carboxylic acids is 1. The summed E-state index contributed by atoms with van der Waals surface area (Å²) < 4.78 is 81.1. The van der Waals surface area contributed by atoms with Crippen LogP contribution in [0.4, 0.5) is 26.3 Å². The number of alkyl halides is 6. The van der Waals surface area contributed by atoms with E-state index in [-0.39, 0.29) is 17.2 Å². The van der Waals surface area contributed by atoms with Gasteiger partial charge in [-0.25, -0.2) is 0 Å². The number of halogens is 7. The number of carboxylic acid groups (broad SMARTS) is 1. The van der Waals surface area contributed by atoms with Crippen molar-refractivity contribution in [3.63, 3.8) is 0 Å². The second kappa shape index (κ2) is 9.27. The summed E-state index contributed by atoms with van der Waals surface area (Å²) in [5.74, 6) is -3.32. The molecule has 1 aliphatic heterocycles. The van der Waals surface area contributed by atoms with E-state index in [1.807, 2.05) is 0 Å². The highest BCUT2D eigenvalue weighted by Crippen LogP contribution is 2.44. The van der Waals surface area contributed by atoms with Gasteiger partial charge in [-0.2, -0.15) is 26.3 Å². The fourth-order valence-corrected chi connectivity index (χ4v) is 4.64. The lowest BCUT2D eigenvalue weighted by Gasteiger charge is -2.41. The highest BCUT2D eigenvalue weighted by atomic mass is 79.9. The van der Waals surface area contributed by atoms with Gasteiger partial charge in [0.05, 0.1) is 17.2 Å². The van der Waals surface area contributed by atoms with Crippen molar-refractivity contribution in [1.82, 2.24) is 4.90 Å². The van der Waals surface area contributed by atoms with Gasteiger partial charge < -0.3 is 10.0 Å². The molecule has 0 radical (unpaired) electrons. The van der Waals surface area contributed by atoms with E-state index in [9.17, 15) is 41.0 Å². The first-order chi connectivity index (χ1) is 16.8. The number of hydrogen-bond donors (Lipinski definition) is 1. The van der Waals surface area contributed by atoms with Crippen LogP contribution in [0.1, 0.15) is 50.1 Å². The van der Waals surface area contributed by atoms with Gasteiger partial charge in [0.25, 0.3) is 5.91 Å². The fourth-order valence-electron chi connectivity index (χ4n) is 4.37. The lowest BCUT2D eigenvalue weighted by Crippen LogP contribution is -2.44. The SMILES string of the molecule is O=C(O)C1c2ccccc2C(=O)N(Cc2cc(C(F)(F)F)cc(C(F)(F)F)c2)C1c1ccc(Br)cc1. The number of hydrogen-bond acceptors (Lipinski definition) is 2. The number of aliphatic carboxylic acids is 1. The molecule has 36 heavy (non-hydrogen) atoms. The Morgan fingerprint density at radius 2 is 1.44 bits per heavy atom. The molecule has 2 atom stereocenters. The van der Waals surface area contributed by atoms with E-state index in [1.54, 1.807) is 30.3 Å². The number of rotatable bonds is 4. The van der Waals surface area contributed by atoms with Crippen LogP contribution in [-0.2, 0) is 23.7 Å². The third kappa shape index (κ3) is 4.97. The van der Waals surface area contributed by atoms with E-state index < -0.39 is 59.4 Å². The zero-order valence-corrected chi connectivity index (χ0v) is 19.7. The molecule has 1 aliphatic rings. The first kappa shape index (κ1) is 25.7. The van der Waals surface area contributed by atoms with Crippen molar-refractivity contribution in [3.8, 4) is 0 Å². The summed E-state index contributed by atoms with van der Waals surface area (Å²) in [5, 5.41) is 10.1. The van der Waals surface area contributed by atoms with Gasteiger partial charge in [-0.1, -0.05) is 46.3 Å². The van der Waals surface area contributed by atoms with Gasteiger partial charge in [-0.3, -0.25) is 9.59 Å². The van der Waals surface area contributed by atoms with E-state index in [4.69, 9.17) is 0 Å². The standard InChI is InChI=1S/C25H16BrF6NO3/c26-17-7-5-14(6-8-17)21-20(23(35)36)18-3-1-2-4-19(18)22(34)33(21)12-13-9-15(24(27,28)29)11-16(10-13)25(30,31)32/h1-11,20-21H,12H2,(H,35,36). The van der Waals surface area contributed by atoms with Gasteiger partial charge in [0.1, 0.15) is 5.92 Å². The van der Waals surface area contributed by atoms with Gasteiger partial charge in [0.2, 0.25) is 0 Å². The maximum absolute atomic E-state index is 13.5. The number of carbonyl (C=O) groups is 2. The van der Waals surface area contributed by atoms with Gasteiger partial charge in [0, 0.05) is 16.6 Å². The van der Waals surface area contributed by atoms with E-state index in [1.165, 1.54) is 18.2 Å². The topological polar surface area (TPSA) is 57.6 Å². The molecule has 3 aromatic rings. The summed E-state index contributed by atoms with van der Waals surface area (Å²) >= 11 is 3.26. The predicted octanol–water partition coefficient (Wildman–Crippen LogP) is 7.05. The minimum atomic E-state index is -5.07. The number of nitrogens with zero attached hydrogens (tertiary/aromatic N) is 1. The average Bonchev–Trinajstić information content (AvgIpc) is 2.80. The molecule has 0 saturated carbocycles. The molecule has 2 unspecified atom stereocenters. The quantitative estimate of drug-likeness (QED) is 0.341. The lowest BCUT2D eigenvalue weighted by atomic mass is 9.79. The smallest absolute Gasteiger partial charge is 0.416 e. The number of amides is 1. The van der Waals surface area contributed by atoms with Crippen molar-refractivity contribution < 1.29 is 41.0 Å². The third-order valence-corrected chi connectivity index (χ3v) is 6.45. The monoisotopic (exact) mass is 571 g/mol. The Morgan fingerprint density at radius 1 is 0.889 bits per heavy atom. The molecule has 4 rings (SSSR count). The Morgan fingerprint density at radius 3 is 1.97 bits per heavy atom. The van der Waals surface area contributed by atoms with Gasteiger partial charge in [-0.15, -0.1) is 0 Å². The van der Waals surface area contributed by atoms with E-state index in [0.29, 0.717) is 22.2 Å². The normalized spacial score (nSPS) is 18.2. The van der Waals surface area contributed by atoms with Crippen molar-refractivity contribution in [3.05, 3.63) is 105 Å². The van der Waals surface area contributed by atoms with Gasteiger partial charge in [0.15, 0.2) is 0 Å². The van der Waals surface area contributed by atoms with Gasteiger partial charge >= 0.3 is 18.3 Å². The summed E-state index contributed by atoms with van der Waals surface area (Å²) in [5.41, 5.74) is -2.90. The molecule has 3 aromatic carbocycles. The molecule has 0 aromatic heterocycles. The van der Waals surface area contributed by atoms with Crippen LogP contribution in [0.3, 0.4) is 0 Å². The van der Waals surface area contributed by atoms with Crippen LogP contribution in [0.5, 0.6) is 0 Å². The summed E-state index contributed by atoms with van der Waals surface area (Å²) in [7, 11) is 0. The maximum Gasteiger partial charge on any atom is 0.416 e. The molecular weight excluding hydrogens is 556 g/mol. The zero-order valence-electron chi connectivity index (χ0n) is 18.1. The second-order valence-corrected chi connectivity index (χ2v) is 9.16. The Bertz CT molecular complexity index is 1290. The molecular formula is C25H16BrF6NO3. The Balaban J connectivity index is 1.90. The first-order valence-electron chi connectivity index (χ1n) is 10.4. The Labute approximate surface area is 209 Å². The van der Waals surface area contributed by atoms with Crippen molar-refractivity contribution in [2.24, 2.45) is 0 Å². The largest absolute Gasteiger partial charge is 0.481 e. The molecule has 0 fully saturated rings. The predicted molar refractivity (Wildman–Crippen MR) is 120 cm³/mol. The summed E-state index contributed by atoms with van der Waals surface area (Å²) in [6.07, 6.45) is -10.1. The summed E-state index contributed by atoms with van der Waals surface area (Å²) in [4.78, 5) is 26.9. The fraction of sp³-hybridized carbons (Fsp3) is 0.200. The molecule has 1 heterocycles. The minimum Gasteiger partial charge on any atom is -0.481 e. The molecule has 0 spiro atoms. The number of fused-ring (bicyclic) bond motifs is 1. The summed E-state index contributed by atoms with van der Waals surface area (Å²) in [6.45, 7) is -0.676. The van der Waals surface area contributed by atoms with Gasteiger partial charge in [-0.05, 0) is 53.1 Å². The van der Waals surface area contributed by atoms with Crippen molar-refractivity contribution >= 4 is 27.8 Å². The van der Waals surface area contributed by atoms with Crippen LogP contribution in [0.25, 0.3) is 0 Å². The first-order valence-corrected chi connectivity index (χ1v) is 11.2. The van der Waals surface area contributed by atoms with Crippen LogP contribution < -0.4 is 0 Å². The molecule has 0 saturated heterocycles. The second-order valence-electron chi connectivity index (χ2n) is 8.25. The number of carbonyl (C=O) groups excluding carboxylic acids is 1. The molecule has 4 nitrogen and oxygen atoms in total. The third-order valence-electron chi connectivity index (χ3n) is 5.92. The molecule has 0 aliphatic carbocycles. The molecule has 11 heteroatoms. The molecule has 1 amide bonds. The minimum absolute atomic E-state index is 0.00306. The van der Waals surface area contributed by atoms with Crippen molar-refractivity contribution in [2.75, 3.05) is 0 Å². The van der Waals surface area contributed by atoms with Crippen LogP contribution in [0, 0.1) is 0 Å². The van der Waals surface area contributed by atoms with Crippen LogP contribution in [0.15, 0.2) is 71.2 Å². The zero-order chi connectivity index (χ0) is 26.4. The Kier molecular flexibility index (Phi) is 6.63. The maximum atomic E-state index is 13.5. The molecule has 0 bridgehead atoms. The number of benzene rings is 3. The van der Waals surface area contributed by atoms with Crippen molar-refractivity contribution in [2.45, 2.75) is 30.9 Å². The highest BCUT2D eigenvalue weighted by Gasteiger charge is 2.45. The van der Waals surface area contributed by atoms with E-state index >= 15 is 0 Å². The summed E-state index contributed by atoms with van der Waals surface area (Å²) in [6, 6.07) is 12.1. The average molecular weight is 572 g/mol. The molecule has 188 valence electrons. The Hall–Kier alpha value is -3.34. The lowest BCUT2D eigenvalue weighted by molar-refractivity contribution is -0.143. The molecule has 1 N–H and O–H groups in total.